The highest BCUT2D eigenvalue weighted by molar-refractivity contribution is 6.30. The average Bonchev–Trinajstić information content (AvgIpc) is 2.74. The summed E-state index contributed by atoms with van der Waals surface area (Å²) in [5.41, 5.74) is 3.01. The average molecular weight is 429 g/mol. The Bertz CT molecular complexity index is 881. The zero-order valence-corrected chi connectivity index (χ0v) is 18.4. The fourth-order valence-electron chi connectivity index (χ4n) is 3.66. The predicted molar refractivity (Wildman–Crippen MR) is 122 cm³/mol. The van der Waals surface area contributed by atoms with Crippen LogP contribution in [0.3, 0.4) is 0 Å². The number of amides is 2. The lowest BCUT2D eigenvalue weighted by atomic mass is 10.1. The number of piperazine rings is 1. The van der Waals surface area contributed by atoms with Gasteiger partial charge >= 0.3 is 0 Å². The van der Waals surface area contributed by atoms with Crippen LogP contribution in [-0.4, -0.2) is 67.9 Å². The molecule has 1 saturated heterocycles. The van der Waals surface area contributed by atoms with Crippen molar-refractivity contribution < 1.29 is 9.59 Å². The highest BCUT2D eigenvalue weighted by Crippen LogP contribution is 2.21. The molecule has 0 bridgehead atoms. The number of nitrogens with one attached hydrogen (secondary N) is 1. The number of halogens is 1. The number of nitrogens with zero attached hydrogens (tertiary/aromatic N) is 3. The Balaban J connectivity index is 1.45. The highest BCUT2D eigenvalue weighted by atomic mass is 35.5. The van der Waals surface area contributed by atoms with Crippen LogP contribution in [0.25, 0.3) is 0 Å². The van der Waals surface area contributed by atoms with E-state index in [4.69, 9.17) is 11.6 Å². The molecule has 160 valence electrons. The van der Waals surface area contributed by atoms with Crippen molar-refractivity contribution in [3.63, 3.8) is 0 Å². The van der Waals surface area contributed by atoms with Crippen LogP contribution >= 0.6 is 11.6 Å². The topological polar surface area (TPSA) is 55.9 Å². The Kier molecular flexibility index (Phi) is 7.71. The van der Waals surface area contributed by atoms with Crippen LogP contribution in [0.15, 0.2) is 48.5 Å². The zero-order valence-electron chi connectivity index (χ0n) is 17.6. The Morgan fingerprint density at radius 2 is 1.77 bits per heavy atom. The van der Waals surface area contributed by atoms with E-state index in [1.807, 2.05) is 53.4 Å². The number of rotatable bonds is 7. The zero-order chi connectivity index (χ0) is 21.5. The van der Waals surface area contributed by atoms with E-state index in [1.165, 1.54) is 0 Å². The number of carbonyl (C=O) groups excluding carboxylic acids is 2. The summed E-state index contributed by atoms with van der Waals surface area (Å²) in [5.74, 6) is -0.0676. The SMILES string of the molecule is CCc1ccccc1NC(=O)CN(C)CC(=O)N1CCN(c2cccc(Cl)c2)CC1. The van der Waals surface area contributed by atoms with Gasteiger partial charge < -0.3 is 15.1 Å². The van der Waals surface area contributed by atoms with Crippen LogP contribution in [0, 0.1) is 0 Å². The van der Waals surface area contributed by atoms with Crippen LogP contribution in [-0.2, 0) is 16.0 Å². The van der Waals surface area contributed by atoms with Gasteiger partial charge in [-0.3, -0.25) is 14.5 Å². The first-order valence-corrected chi connectivity index (χ1v) is 10.7. The summed E-state index contributed by atoms with van der Waals surface area (Å²) < 4.78 is 0. The molecule has 1 heterocycles. The molecule has 2 amide bonds. The van der Waals surface area contributed by atoms with Gasteiger partial charge in [0.25, 0.3) is 0 Å². The van der Waals surface area contributed by atoms with Crippen molar-refractivity contribution in [1.82, 2.24) is 9.80 Å². The molecule has 0 saturated carbocycles. The summed E-state index contributed by atoms with van der Waals surface area (Å²) in [6, 6.07) is 15.6. The Morgan fingerprint density at radius 3 is 2.47 bits per heavy atom. The number of hydrogen-bond donors (Lipinski definition) is 1. The maximum atomic E-state index is 12.7. The van der Waals surface area contributed by atoms with Gasteiger partial charge in [-0.15, -0.1) is 0 Å². The second-order valence-electron chi connectivity index (χ2n) is 7.58. The molecule has 0 aliphatic carbocycles. The summed E-state index contributed by atoms with van der Waals surface area (Å²) in [6.45, 7) is 5.31. The normalized spacial score (nSPS) is 14.1. The molecule has 0 radical (unpaired) electrons. The molecular weight excluding hydrogens is 400 g/mol. The quantitative estimate of drug-likeness (QED) is 0.736. The Hall–Kier alpha value is -2.57. The van der Waals surface area contributed by atoms with Gasteiger partial charge in [0, 0.05) is 42.6 Å². The lowest BCUT2D eigenvalue weighted by Gasteiger charge is -2.36. The van der Waals surface area contributed by atoms with Crippen molar-refractivity contribution in [2.75, 3.05) is 56.5 Å². The molecule has 30 heavy (non-hydrogen) atoms. The van der Waals surface area contributed by atoms with Gasteiger partial charge in [-0.05, 0) is 43.3 Å². The lowest BCUT2D eigenvalue weighted by Crippen LogP contribution is -2.51. The van der Waals surface area contributed by atoms with Crippen LogP contribution in [0.4, 0.5) is 11.4 Å². The molecule has 6 nitrogen and oxygen atoms in total. The number of anilines is 2. The molecule has 2 aromatic carbocycles. The van der Waals surface area contributed by atoms with Gasteiger partial charge in [-0.2, -0.15) is 0 Å². The molecule has 2 aromatic rings. The van der Waals surface area contributed by atoms with E-state index in [9.17, 15) is 9.59 Å². The van der Waals surface area contributed by atoms with E-state index in [-0.39, 0.29) is 24.9 Å². The molecular formula is C23H29ClN4O2. The van der Waals surface area contributed by atoms with E-state index in [1.54, 1.807) is 11.9 Å². The minimum atomic E-state index is -0.114. The smallest absolute Gasteiger partial charge is 0.238 e. The van der Waals surface area contributed by atoms with Crippen molar-refractivity contribution in [2.45, 2.75) is 13.3 Å². The van der Waals surface area contributed by atoms with E-state index in [0.717, 1.165) is 36.4 Å². The van der Waals surface area contributed by atoms with Gasteiger partial charge in [-0.1, -0.05) is 42.8 Å². The summed E-state index contributed by atoms with van der Waals surface area (Å²) in [5, 5.41) is 3.67. The van der Waals surface area contributed by atoms with Gasteiger partial charge in [0.2, 0.25) is 11.8 Å². The summed E-state index contributed by atoms with van der Waals surface area (Å²) in [7, 11) is 1.80. The van der Waals surface area contributed by atoms with Gasteiger partial charge in [0.1, 0.15) is 0 Å². The number of benzene rings is 2. The molecule has 0 atom stereocenters. The van der Waals surface area contributed by atoms with E-state index >= 15 is 0 Å². The van der Waals surface area contributed by atoms with Crippen LogP contribution in [0.1, 0.15) is 12.5 Å². The predicted octanol–water partition coefficient (Wildman–Crippen LogP) is 3.12. The second kappa shape index (κ2) is 10.5. The maximum Gasteiger partial charge on any atom is 0.238 e. The first-order valence-electron chi connectivity index (χ1n) is 10.3. The van der Waals surface area contributed by atoms with Crippen molar-refractivity contribution in [1.29, 1.82) is 0 Å². The van der Waals surface area contributed by atoms with E-state index in [0.29, 0.717) is 18.1 Å². The summed E-state index contributed by atoms with van der Waals surface area (Å²) in [4.78, 5) is 30.9. The molecule has 0 unspecified atom stereocenters. The van der Waals surface area contributed by atoms with Crippen LogP contribution in [0.2, 0.25) is 5.02 Å². The fourth-order valence-corrected chi connectivity index (χ4v) is 3.84. The van der Waals surface area contributed by atoms with Crippen molar-refractivity contribution in [2.24, 2.45) is 0 Å². The highest BCUT2D eigenvalue weighted by Gasteiger charge is 2.22. The first-order chi connectivity index (χ1) is 14.5. The van der Waals surface area contributed by atoms with Gasteiger partial charge in [0.15, 0.2) is 0 Å². The fraction of sp³-hybridized carbons (Fsp3) is 0.391. The van der Waals surface area contributed by atoms with E-state index in [2.05, 4.69) is 17.1 Å². The molecule has 3 rings (SSSR count). The number of hydrogen-bond acceptors (Lipinski definition) is 4. The Labute approximate surface area is 183 Å². The molecule has 0 spiro atoms. The number of para-hydroxylation sites is 1. The van der Waals surface area contributed by atoms with Crippen LogP contribution in [0.5, 0.6) is 0 Å². The first kappa shape index (κ1) is 22.1. The van der Waals surface area contributed by atoms with Gasteiger partial charge in [-0.25, -0.2) is 0 Å². The number of carbonyl (C=O) groups is 2. The molecule has 1 aliphatic heterocycles. The largest absolute Gasteiger partial charge is 0.368 e. The standard InChI is InChI=1S/C23H29ClN4O2/c1-3-18-7-4-5-10-21(18)25-22(29)16-26(2)17-23(30)28-13-11-27(12-14-28)20-9-6-8-19(24)15-20/h4-10,15H,3,11-14,16-17H2,1-2H3,(H,25,29). The molecule has 1 N–H and O–H groups in total. The van der Waals surface area contributed by atoms with Crippen molar-refractivity contribution in [3.05, 3.63) is 59.1 Å². The second-order valence-corrected chi connectivity index (χ2v) is 8.02. The number of likely N-dealkylation sites (N-methyl/N-ethyl adjacent to an activating group) is 1. The number of aryl methyl sites for hydroxylation is 1. The third-order valence-electron chi connectivity index (χ3n) is 5.30. The third kappa shape index (κ3) is 5.97. The minimum absolute atomic E-state index is 0.0463. The summed E-state index contributed by atoms with van der Waals surface area (Å²) >= 11 is 6.08. The summed E-state index contributed by atoms with van der Waals surface area (Å²) in [6.07, 6.45) is 0.853. The maximum absolute atomic E-state index is 12.7. The van der Waals surface area contributed by atoms with Crippen molar-refractivity contribution >= 4 is 34.8 Å². The molecule has 7 heteroatoms. The van der Waals surface area contributed by atoms with Gasteiger partial charge in [0.05, 0.1) is 13.1 Å². The molecule has 0 aromatic heterocycles. The monoisotopic (exact) mass is 428 g/mol. The molecule has 1 aliphatic rings. The lowest BCUT2D eigenvalue weighted by molar-refractivity contribution is -0.132. The Morgan fingerprint density at radius 1 is 1.03 bits per heavy atom. The molecule has 1 fully saturated rings. The van der Waals surface area contributed by atoms with Crippen molar-refractivity contribution in [3.8, 4) is 0 Å². The minimum Gasteiger partial charge on any atom is -0.368 e. The van der Waals surface area contributed by atoms with E-state index < -0.39 is 0 Å². The third-order valence-corrected chi connectivity index (χ3v) is 5.53. The van der Waals surface area contributed by atoms with Crippen LogP contribution < -0.4 is 10.2 Å².